The van der Waals surface area contributed by atoms with E-state index in [1.54, 1.807) is 0 Å². The van der Waals surface area contributed by atoms with Crippen LogP contribution in [0.25, 0.3) is 0 Å². The zero-order valence-corrected chi connectivity index (χ0v) is 8.49. The van der Waals surface area contributed by atoms with Gasteiger partial charge in [-0.05, 0) is 12.3 Å². The maximum absolute atomic E-state index is 11.1. The largest absolute Gasteiger partial charge is 0.353 e. The second kappa shape index (κ2) is 4.28. The van der Waals surface area contributed by atoms with Gasteiger partial charge in [0, 0.05) is 18.9 Å². The van der Waals surface area contributed by atoms with Crippen molar-refractivity contribution in [3.63, 3.8) is 0 Å². The van der Waals surface area contributed by atoms with Crippen LogP contribution in [-0.2, 0) is 14.3 Å². The Kier molecular flexibility index (Phi) is 3.03. The van der Waals surface area contributed by atoms with Crippen molar-refractivity contribution in [2.45, 2.75) is 38.5 Å². The highest BCUT2D eigenvalue weighted by atomic mass is 16.7. The lowest BCUT2D eigenvalue weighted by Crippen LogP contribution is -2.29. The van der Waals surface area contributed by atoms with E-state index in [2.05, 4.69) is 12.2 Å². The molecule has 4 heteroatoms. The van der Waals surface area contributed by atoms with E-state index < -0.39 is 0 Å². The number of nitrogens with one attached hydrogen (secondary N) is 1. The number of amides is 1. The maximum atomic E-state index is 11.1. The maximum Gasteiger partial charge on any atom is 0.220 e. The van der Waals surface area contributed by atoms with Crippen molar-refractivity contribution in [3.05, 3.63) is 0 Å². The molecule has 0 aromatic carbocycles. The molecule has 2 fully saturated rings. The topological polar surface area (TPSA) is 47.6 Å². The Balaban J connectivity index is 1.72. The molecular formula is C10H17NO3. The molecule has 0 spiro atoms. The summed E-state index contributed by atoms with van der Waals surface area (Å²) in [5, 5.41) is 2.98. The SMILES string of the molecule is CC1CC(=O)NC1CCC1OCCO1. The standard InChI is InChI=1S/C10H17NO3/c1-7-6-9(12)11-8(7)2-3-10-13-4-5-14-10/h7-8,10H,2-6H2,1H3,(H,11,12). The van der Waals surface area contributed by atoms with Crippen LogP contribution in [0, 0.1) is 5.92 Å². The van der Waals surface area contributed by atoms with Gasteiger partial charge in [0.15, 0.2) is 6.29 Å². The van der Waals surface area contributed by atoms with Gasteiger partial charge in [-0.25, -0.2) is 0 Å². The third kappa shape index (κ3) is 2.25. The van der Waals surface area contributed by atoms with Crippen LogP contribution in [0.5, 0.6) is 0 Å². The fraction of sp³-hybridized carbons (Fsp3) is 0.900. The third-order valence-electron chi connectivity index (χ3n) is 2.94. The van der Waals surface area contributed by atoms with Gasteiger partial charge < -0.3 is 14.8 Å². The molecule has 0 radical (unpaired) electrons. The summed E-state index contributed by atoms with van der Waals surface area (Å²) < 4.78 is 10.7. The predicted octanol–water partition coefficient (Wildman–Crippen LogP) is 0.664. The van der Waals surface area contributed by atoms with E-state index in [4.69, 9.17) is 9.47 Å². The monoisotopic (exact) mass is 199 g/mol. The summed E-state index contributed by atoms with van der Waals surface area (Å²) in [6.45, 7) is 3.52. The van der Waals surface area contributed by atoms with Gasteiger partial charge in [-0.2, -0.15) is 0 Å². The molecule has 0 bridgehead atoms. The lowest BCUT2D eigenvalue weighted by Gasteiger charge is -2.16. The van der Waals surface area contributed by atoms with Gasteiger partial charge in [0.25, 0.3) is 0 Å². The minimum absolute atomic E-state index is 0.0419. The van der Waals surface area contributed by atoms with Crippen LogP contribution < -0.4 is 5.32 Å². The van der Waals surface area contributed by atoms with Gasteiger partial charge >= 0.3 is 0 Å². The summed E-state index contributed by atoms with van der Waals surface area (Å²) in [4.78, 5) is 11.1. The van der Waals surface area contributed by atoms with Gasteiger partial charge in [-0.15, -0.1) is 0 Å². The molecule has 1 amide bonds. The molecule has 14 heavy (non-hydrogen) atoms. The smallest absolute Gasteiger partial charge is 0.220 e. The summed E-state index contributed by atoms with van der Waals surface area (Å²) in [6, 6.07) is 0.315. The Labute approximate surface area is 84.0 Å². The molecule has 4 nitrogen and oxygen atoms in total. The van der Waals surface area contributed by atoms with E-state index in [1.807, 2.05) is 0 Å². The first-order valence-corrected chi connectivity index (χ1v) is 5.28. The lowest BCUT2D eigenvalue weighted by atomic mass is 9.99. The van der Waals surface area contributed by atoms with Crippen molar-refractivity contribution >= 4 is 5.91 Å². The quantitative estimate of drug-likeness (QED) is 0.726. The van der Waals surface area contributed by atoms with Crippen molar-refractivity contribution < 1.29 is 14.3 Å². The second-order valence-electron chi connectivity index (χ2n) is 4.10. The highest BCUT2D eigenvalue weighted by Gasteiger charge is 2.29. The van der Waals surface area contributed by atoms with E-state index in [1.165, 1.54) is 0 Å². The van der Waals surface area contributed by atoms with E-state index in [9.17, 15) is 4.79 Å². The second-order valence-corrected chi connectivity index (χ2v) is 4.10. The molecule has 80 valence electrons. The summed E-state index contributed by atoms with van der Waals surface area (Å²) in [5.74, 6) is 0.625. The molecule has 0 aromatic heterocycles. The van der Waals surface area contributed by atoms with E-state index in [0.717, 1.165) is 12.8 Å². The van der Waals surface area contributed by atoms with Crippen LogP contribution in [0.3, 0.4) is 0 Å². The summed E-state index contributed by atoms with van der Waals surface area (Å²) in [5.41, 5.74) is 0. The highest BCUT2D eigenvalue weighted by molar-refractivity contribution is 5.78. The predicted molar refractivity (Wildman–Crippen MR) is 50.6 cm³/mol. The normalized spacial score (nSPS) is 33.6. The van der Waals surface area contributed by atoms with Crippen LogP contribution in [-0.4, -0.2) is 31.5 Å². The third-order valence-corrected chi connectivity index (χ3v) is 2.94. The molecule has 0 aromatic rings. The van der Waals surface area contributed by atoms with E-state index in [0.29, 0.717) is 31.6 Å². The van der Waals surface area contributed by atoms with Crippen LogP contribution in [0.4, 0.5) is 0 Å². The van der Waals surface area contributed by atoms with Crippen molar-refractivity contribution in [2.75, 3.05) is 13.2 Å². The molecule has 2 aliphatic rings. The Bertz CT molecular complexity index is 213. The fourth-order valence-electron chi connectivity index (χ4n) is 2.09. The van der Waals surface area contributed by atoms with Crippen molar-refractivity contribution in [3.8, 4) is 0 Å². The Morgan fingerprint density at radius 3 is 2.64 bits per heavy atom. The Morgan fingerprint density at radius 2 is 2.07 bits per heavy atom. The zero-order chi connectivity index (χ0) is 9.97. The van der Waals surface area contributed by atoms with Gasteiger partial charge in [0.05, 0.1) is 13.2 Å². The van der Waals surface area contributed by atoms with Crippen molar-refractivity contribution in [1.82, 2.24) is 5.32 Å². The number of rotatable bonds is 3. The molecule has 2 unspecified atom stereocenters. The van der Waals surface area contributed by atoms with Crippen LogP contribution in [0.2, 0.25) is 0 Å². The minimum Gasteiger partial charge on any atom is -0.353 e. The summed E-state index contributed by atoms with van der Waals surface area (Å²) in [7, 11) is 0. The highest BCUT2D eigenvalue weighted by Crippen LogP contribution is 2.21. The number of ether oxygens (including phenoxy) is 2. The number of hydrogen-bond acceptors (Lipinski definition) is 3. The molecule has 2 rings (SSSR count). The summed E-state index contributed by atoms with van der Waals surface area (Å²) >= 11 is 0. The van der Waals surface area contributed by atoms with Gasteiger partial charge in [0.2, 0.25) is 5.91 Å². The Hall–Kier alpha value is -0.610. The molecule has 1 N–H and O–H groups in total. The molecular weight excluding hydrogens is 182 g/mol. The number of carbonyl (C=O) groups is 1. The zero-order valence-electron chi connectivity index (χ0n) is 8.49. The molecule has 2 heterocycles. The molecule has 2 atom stereocenters. The minimum atomic E-state index is -0.0419. The van der Waals surface area contributed by atoms with Crippen molar-refractivity contribution in [2.24, 2.45) is 5.92 Å². The first-order chi connectivity index (χ1) is 6.75. The van der Waals surface area contributed by atoms with Crippen LogP contribution in [0.15, 0.2) is 0 Å². The van der Waals surface area contributed by atoms with Crippen LogP contribution >= 0.6 is 0 Å². The van der Waals surface area contributed by atoms with Crippen molar-refractivity contribution in [1.29, 1.82) is 0 Å². The van der Waals surface area contributed by atoms with Gasteiger partial charge in [-0.3, -0.25) is 4.79 Å². The van der Waals surface area contributed by atoms with Crippen LogP contribution in [0.1, 0.15) is 26.2 Å². The summed E-state index contributed by atoms with van der Waals surface area (Å²) in [6.07, 6.45) is 2.46. The Morgan fingerprint density at radius 1 is 1.36 bits per heavy atom. The average molecular weight is 199 g/mol. The lowest BCUT2D eigenvalue weighted by molar-refractivity contribution is -0.119. The molecule has 2 saturated heterocycles. The van der Waals surface area contributed by atoms with E-state index >= 15 is 0 Å². The average Bonchev–Trinajstić information content (AvgIpc) is 2.72. The van der Waals surface area contributed by atoms with Gasteiger partial charge in [0.1, 0.15) is 0 Å². The molecule has 0 aliphatic carbocycles. The van der Waals surface area contributed by atoms with Gasteiger partial charge in [-0.1, -0.05) is 6.92 Å². The first-order valence-electron chi connectivity index (χ1n) is 5.28. The fourth-order valence-corrected chi connectivity index (χ4v) is 2.09. The number of hydrogen-bond donors (Lipinski definition) is 1. The molecule has 2 aliphatic heterocycles. The number of carbonyl (C=O) groups excluding carboxylic acids is 1. The molecule has 0 saturated carbocycles. The first kappa shape index (κ1) is 9.93. The van der Waals surface area contributed by atoms with E-state index in [-0.39, 0.29) is 12.2 Å².